The predicted octanol–water partition coefficient (Wildman–Crippen LogP) is 3.14. The van der Waals surface area contributed by atoms with Crippen molar-refractivity contribution >= 4 is 17.7 Å². The highest BCUT2D eigenvalue weighted by Crippen LogP contribution is 2.42. The van der Waals surface area contributed by atoms with Crippen molar-refractivity contribution in [1.29, 1.82) is 0 Å². The van der Waals surface area contributed by atoms with Crippen LogP contribution in [0, 0.1) is 20.8 Å². The first-order valence-electron chi connectivity index (χ1n) is 9.58. The molecule has 1 N–H and O–H groups in total. The van der Waals surface area contributed by atoms with E-state index in [1.165, 1.54) is 26.2 Å². The number of aryl methyl sites for hydroxylation is 2. The van der Waals surface area contributed by atoms with Crippen LogP contribution < -0.4 is 0 Å². The first kappa shape index (κ1) is 25.2. The van der Waals surface area contributed by atoms with Gasteiger partial charge in [0.2, 0.25) is 11.4 Å². The molecular formula is C21H24F3NO7. The molecule has 0 saturated heterocycles. The van der Waals surface area contributed by atoms with Gasteiger partial charge in [0, 0.05) is 23.5 Å². The maximum Gasteiger partial charge on any atom is 0.425 e. The number of aliphatic hydroxyl groups is 1. The lowest BCUT2D eigenvalue weighted by Gasteiger charge is -2.27. The normalized spacial score (nSPS) is 13.5. The van der Waals surface area contributed by atoms with Crippen LogP contribution in [0.25, 0.3) is 0 Å². The van der Waals surface area contributed by atoms with Crippen LogP contribution in [0.4, 0.5) is 13.2 Å². The Balaban J connectivity index is 2.08. The van der Waals surface area contributed by atoms with Crippen molar-refractivity contribution in [3.63, 3.8) is 0 Å². The molecule has 8 nitrogen and oxygen atoms in total. The maximum absolute atomic E-state index is 13.5. The summed E-state index contributed by atoms with van der Waals surface area (Å²) in [4.78, 5) is 35.9. The Morgan fingerprint density at radius 2 is 1.78 bits per heavy atom. The minimum atomic E-state index is -5.22. The van der Waals surface area contributed by atoms with Crippen molar-refractivity contribution in [2.75, 3.05) is 13.7 Å². The number of rotatable bonds is 9. The van der Waals surface area contributed by atoms with Crippen molar-refractivity contribution in [3.05, 3.63) is 46.7 Å². The number of halogens is 3. The average molecular weight is 459 g/mol. The molecular weight excluding hydrogens is 435 g/mol. The van der Waals surface area contributed by atoms with Crippen molar-refractivity contribution in [3.8, 4) is 0 Å². The zero-order valence-corrected chi connectivity index (χ0v) is 18.0. The van der Waals surface area contributed by atoms with Crippen LogP contribution in [0.3, 0.4) is 0 Å². The van der Waals surface area contributed by atoms with E-state index in [1.807, 2.05) is 0 Å². The van der Waals surface area contributed by atoms with Gasteiger partial charge in [-0.15, -0.1) is 0 Å². The smallest absolute Gasteiger partial charge is 0.425 e. The van der Waals surface area contributed by atoms with Crippen LogP contribution in [-0.2, 0) is 31.2 Å². The molecule has 11 heteroatoms. The second kappa shape index (κ2) is 9.60. The van der Waals surface area contributed by atoms with E-state index in [2.05, 4.69) is 4.74 Å². The van der Waals surface area contributed by atoms with Gasteiger partial charge in [0.25, 0.3) is 0 Å². The van der Waals surface area contributed by atoms with Crippen molar-refractivity contribution in [2.45, 2.75) is 51.9 Å². The largest absolute Gasteiger partial charge is 0.469 e. The minimum absolute atomic E-state index is 0.0811. The number of Topliss-reactive ketones (excluding diaryl/α,β-unsaturated/α-hetero) is 1. The molecule has 0 amide bonds. The predicted molar refractivity (Wildman–Crippen MR) is 104 cm³/mol. The van der Waals surface area contributed by atoms with Gasteiger partial charge in [-0.05, 0) is 39.0 Å². The molecule has 0 radical (unpaired) electrons. The fourth-order valence-electron chi connectivity index (χ4n) is 3.20. The van der Waals surface area contributed by atoms with Gasteiger partial charge in [-0.2, -0.15) is 13.2 Å². The molecule has 0 spiro atoms. The quantitative estimate of drug-likeness (QED) is 0.453. The van der Waals surface area contributed by atoms with Crippen molar-refractivity contribution in [1.82, 2.24) is 4.57 Å². The number of carbonyl (C=O) groups is 3. The molecule has 32 heavy (non-hydrogen) atoms. The van der Waals surface area contributed by atoms with E-state index in [0.717, 1.165) is 6.07 Å². The van der Waals surface area contributed by atoms with E-state index in [-0.39, 0.29) is 24.3 Å². The second-order valence-electron chi connectivity index (χ2n) is 7.29. The lowest BCUT2D eigenvalue weighted by atomic mass is 9.96. The average Bonchev–Trinajstić information content (AvgIpc) is 3.26. The summed E-state index contributed by atoms with van der Waals surface area (Å²) in [5, 5.41) is 10.1. The summed E-state index contributed by atoms with van der Waals surface area (Å²) in [6.07, 6.45) is -6.61. The first-order chi connectivity index (χ1) is 14.8. The van der Waals surface area contributed by atoms with Gasteiger partial charge in [0.15, 0.2) is 6.61 Å². The fourth-order valence-corrected chi connectivity index (χ4v) is 3.20. The number of hydrogen-bond donors (Lipinski definition) is 1. The number of carbonyl (C=O) groups excluding carboxylic acids is 3. The Labute approximate surface area is 181 Å². The SMILES string of the molecule is COC(=O)CCn1c(C)cc(C(=O)COC(=O)CC(O)(c2ccc(C)o2)C(F)(F)F)c1C. The highest BCUT2D eigenvalue weighted by Gasteiger charge is 2.58. The lowest BCUT2D eigenvalue weighted by molar-refractivity contribution is -0.275. The Bertz CT molecular complexity index is 1010. The number of esters is 2. The Kier molecular flexibility index (Phi) is 7.55. The maximum atomic E-state index is 13.5. The van der Waals surface area contributed by atoms with Crippen molar-refractivity contribution < 1.29 is 46.6 Å². The van der Waals surface area contributed by atoms with E-state index in [9.17, 15) is 32.7 Å². The molecule has 2 rings (SSSR count). The zero-order valence-electron chi connectivity index (χ0n) is 18.0. The second-order valence-corrected chi connectivity index (χ2v) is 7.29. The monoisotopic (exact) mass is 459 g/mol. The molecule has 2 heterocycles. The Hall–Kier alpha value is -3.08. The molecule has 1 atom stereocenters. The molecule has 0 aliphatic carbocycles. The van der Waals surface area contributed by atoms with Gasteiger partial charge in [-0.1, -0.05) is 0 Å². The van der Waals surface area contributed by atoms with Crippen LogP contribution in [0.1, 0.15) is 46.1 Å². The number of furan rings is 1. The summed E-state index contributed by atoms with van der Waals surface area (Å²) in [5.74, 6) is -3.22. The van der Waals surface area contributed by atoms with Gasteiger partial charge in [0.1, 0.15) is 11.5 Å². The number of alkyl halides is 3. The first-order valence-corrected chi connectivity index (χ1v) is 9.58. The highest BCUT2D eigenvalue weighted by atomic mass is 19.4. The summed E-state index contributed by atoms with van der Waals surface area (Å²) in [7, 11) is 1.26. The number of methoxy groups -OCH3 is 1. The fraction of sp³-hybridized carbons (Fsp3) is 0.476. The number of hydrogen-bond acceptors (Lipinski definition) is 7. The van der Waals surface area contributed by atoms with E-state index < -0.39 is 48.3 Å². The van der Waals surface area contributed by atoms with E-state index in [0.29, 0.717) is 11.4 Å². The minimum Gasteiger partial charge on any atom is -0.469 e. The van der Waals surface area contributed by atoms with Crippen molar-refractivity contribution in [2.24, 2.45) is 0 Å². The number of nitrogens with zero attached hydrogens (tertiary/aromatic N) is 1. The molecule has 0 aliphatic rings. The molecule has 1 unspecified atom stereocenters. The summed E-state index contributed by atoms with van der Waals surface area (Å²) in [6, 6.07) is 3.67. The molecule has 0 aromatic carbocycles. The van der Waals surface area contributed by atoms with Crippen LogP contribution >= 0.6 is 0 Å². The van der Waals surface area contributed by atoms with Gasteiger partial charge in [0.05, 0.1) is 20.0 Å². The topological polar surface area (TPSA) is 108 Å². The lowest BCUT2D eigenvalue weighted by Crippen LogP contribution is -2.44. The summed E-state index contributed by atoms with van der Waals surface area (Å²) in [6.45, 7) is 4.17. The summed E-state index contributed by atoms with van der Waals surface area (Å²) in [5.41, 5.74) is -2.22. The van der Waals surface area contributed by atoms with E-state index in [1.54, 1.807) is 18.4 Å². The summed E-state index contributed by atoms with van der Waals surface area (Å²) >= 11 is 0. The number of ketones is 1. The van der Waals surface area contributed by atoms with Gasteiger partial charge >= 0.3 is 18.1 Å². The van der Waals surface area contributed by atoms with Crippen LogP contribution in [0.5, 0.6) is 0 Å². The van der Waals surface area contributed by atoms with Gasteiger partial charge < -0.3 is 23.6 Å². The molecule has 0 bridgehead atoms. The Morgan fingerprint density at radius 1 is 1.12 bits per heavy atom. The van der Waals surface area contributed by atoms with E-state index >= 15 is 0 Å². The van der Waals surface area contributed by atoms with Crippen LogP contribution in [0.15, 0.2) is 22.6 Å². The standard InChI is InChI=1S/C21H24F3NO7/c1-12-9-15(14(3)25(12)8-7-18(27)30-4)16(26)11-31-19(28)10-20(29,21(22,23)24)17-6-5-13(2)32-17/h5-6,9,29H,7-8,10-11H2,1-4H3. The third kappa shape index (κ3) is 5.39. The van der Waals surface area contributed by atoms with E-state index in [4.69, 9.17) is 9.15 Å². The van der Waals surface area contributed by atoms with Gasteiger partial charge in [-0.3, -0.25) is 14.4 Å². The molecule has 0 fully saturated rings. The van der Waals surface area contributed by atoms with Gasteiger partial charge in [-0.25, -0.2) is 0 Å². The zero-order chi connectivity index (χ0) is 24.3. The highest BCUT2D eigenvalue weighted by molar-refractivity contribution is 5.99. The molecule has 2 aromatic heterocycles. The molecule has 176 valence electrons. The van der Waals surface area contributed by atoms with Crippen LogP contribution in [0.2, 0.25) is 0 Å². The molecule has 0 saturated carbocycles. The Morgan fingerprint density at radius 3 is 2.31 bits per heavy atom. The number of aromatic nitrogens is 1. The summed E-state index contributed by atoms with van der Waals surface area (Å²) < 4.78 is 56.3. The number of ether oxygens (including phenoxy) is 2. The van der Waals surface area contributed by atoms with Crippen LogP contribution in [-0.4, -0.2) is 47.3 Å². The molecule has 0 aliphatic heterocycles. The third-order valence-electron chi connectivity index (χ3n) is 5.02. The molecule has 2 aromatic rings. The third-order valence-corrected chi connectivity index (χ3v) is 5.02.